The standard InChI is InChI=1S/C14H19NO5/c1-10-5-3-4-6-11(10)20-8-12(16)15-9-14(2,19)7-13(17)18/h3-6,19H,7-9H2,1-2H3,(H,15,16)(H,17,18). The predicted molar refractivity (Wildman–Crippen MR) is 72.6 cm³/mol. The number of aliphatic carboxylic acids is 1. The number of carbonyl (C=O) groups excluding carboxylic acids is 1. The van der Waals surface area contributed by atoms with Crippen LogP contribution in [0.5, 0.6) is 5.75 Å². The van der Waals surface area contributed by atoms with Gasteiger partial charge in [-0.15, -0.1) is 0 Å². The second kappa shape index (κ2) is 6.91. The topological polar surface area (TPSA) is 95.9 Å². The monoisotopic (exact) mass is 281 g/mol. The van der Waals surface area contributed by atoms with Gasteiger partial charge >= 0.3 is 5.97 Å². The summed E-state index contributed by atoms with van der Waals surface area (Å²) in [6.07, 6.45) is -0.439. The third kappa shape index (κ3) is 5.71. The lowest BCUT2D eigenvalue weighted by Crippen LogP contribution is -2.43. The maximum Gasteiger partial charge on any atom is 0.306 e. The minimum absolute atomic E-state index is 0.144. The molecule has 1 aromatic carbocycles. The van der Waals surface area contributed by atoms with Crippen LogP contribution in [-0.2, 0) is 9.59 Å². The summed E-state index contributed by atoms with van der Waals surface area (Å²) in [4.78, 5) is 22.1. The molecule has 0 bridgehead atoms. The first-order chi connectivity index (χ1) is 9.30. The van der Waals surface area contributed by atoms with E-state index in [0.717, 1.165) is 5.56 Å². The van der Waals surface area contributed by atoms with E-state index < -0.39 is 23.9 Å². The number of para-hydroxylation sites is 1. The van der Waals surface area contributed by atoms with Crippen molar-refractivity contribution in [1.82, 2.24) is 5.32 Å². The maximum absolute atomic E-state index is 11.6. The highest BCUT2D eigenvalue weighted by molar-refractivity contribution is 5.77. The molecule has 0 fully saturated rings. The van der Waals surface area contributed by atoms with Gasteiger partial charge in [-0.3, -0.25) is 9.59 Å². The molecule has 1 atom stereocenters. The zero-order valence-corrected chi connectivity index (χ0v) is 11.5. The summed E-state index contributed by atoms with van der Waals surface area (Å²) in [5, 5.41) is 20.8. The molecule has 0 saturated heterocycles. The fraction of sp³-hybridized carbons (Fsp3) is 0.429. The van der Waals surface area contributed by atoms with E-state index in [2.05, 4.69) is 5.32 Å². The molecule has 0 radical (unpaired) electrons. The number of amides is 1. The van der Waals surface area contributed by atoms with Crippen molar-refractivity contribution < 1.29 is 24.5 Å². The molecule has 0 aromatic heterocycles. The number of rotatable bonds is 7. The van der Waals surface area contributed by atoms with Gasteiger partial charge in [0.2, 0.25) is 0 Å². The fourth-order valence-corrected chi connectivity index (χ4v) is 1.59. The van der Waals surface area contributed by atoms with Crippen LogP contribution in [0.2, 0.25) is 0 Å². The molecule has 1 unspecified atom stereocenters. The number of benzene rings is 1. The molecule has 0 aliphatic carbocycles. The van der Waals surface area contributed by atoms with Crippen molar-refractivity contribution in [2.24, 2.45) is 0 Å². The predicted octanol–water partition coefficient (Wildman–Crippen LogP) is 0.716. The van der Waals surface area contributed by atoms with Crippen LogP contribution in [0.3, 0.4) is 0 Å². The largest absolute Gasteiger partial charge is 0.484 e. The van der Waals surface area contributed by atoms with Crippen LogP contribution >= 0.6 is 0 Å². The molecule has 6 heteroatoms. The number of ether oxygens (including phenoxy) is 1. The molecule has 1 rings (SSSR count). The van der Waals surface area contributed by atoms with Crippen molar-refractivity contribution in [2.45, 2.75) is 25.9 Å². The van der Waals surface area contributed by atoms with E-state index >= 15 is 0 Å². The van der Waals surface area contributed by atoms with Gasteiger partial charge in [0, 0.05) is 6.54 Å². The van der Waals surface area contributed by atoms with E-state index in [9.17, 15) is 14.7 Å². The zero-order chi connectivity index (χ0) is 15.2. The van der Waals surface area contributed by atoms with Gasteiger partial charge in [0.25, 0.3) is 5.91 Å². The molecule has 0 saturated carbocycles. The lowest BCUT2D eigenvalue weighted by atomic mass is 10.0. The van der Waals surface area contributed by atoms with Gasteiger partial charge in [0.05, 0.1) is 12.0 Å². The van der Waals surface area contributed by atoms with Gasteiger partial charge in [-0.25, -0.2) is 0 Å². The minimum atomic E-state index is -1.48. The number of carbonyl (C=O) groups is 2. The highest BCUT2D eigenvalue weighted by atomic mass is 16.5. The van der Waals surface area contributed by atoms with Gasteiger partial charge in [-0.2, -0.15) is 0 Å². The van der Waals surface area contributed by atoms with Crippen molar-refractivity contribution in [2.75, 3.05) is 13.2 Å². The summed E-state index contributed by atoms with van der Waals surface area (Å²) < 4.78 is 5.33. The van der Waals surface area contributed by atoms with Crippen LogP contribution in [0.4, 0.5) is 0 Å². The van der Waals surface area contributed by atoms with E-state index in [1.807, 2.05) is 19.1 Å². The molecule has 1 aromatic rings. The Morgan fingerprint density at radius 1 is 1.35 bits per heavy atom. The summed E-state index contributed by atoms with van der Waals surface area (Å²) >= 11 is 0. The average Bonchev–Trinajstić information content (AvgIpc) is 2.34. The molecular weight excluding hydrogens is 262 g/mol. The number of aliphatic hydroxyl groups is 1. The smallest absolute Gasteiger partial charge is 0.306 e. The van der Waals surface area contributed by atoms with E-state index in [4.69, 9.17) is 9.84 Å². The second-order valence-corrected chi connectivity index (χ2v) is 4.90. The van der Waals surface area contributed by atoms with Gasteiger partial charge in [0.15, 0.2) is 6.61 Å². The number of nitrogens with one attached hydrogen (secondary N) is 1. The number of carboxylic acids is 1. The number of hydrogen-bond acceptors (Lipinski definition) is 4. The summed E-state index contributed by atoms with van der Waals surface area (Å²) in [7, 11) is 0. The Morgan fingerprint density at radius 2 is 2.00 bits per heavy atom. The lowest BCUT2D eigenvalue weighted by Gasteiger charge is -2.21. The Balaban J connectivity index is 2.38. The van der Waals surface area contributed by atoms with E-state index in [-0.39, 0.29) is 13.2 Å². The molecular formula is C14H19NO5. The van der Waals surface area contributed by atoms with Gasteiger partial charge in [-0.1, -0.05) is 18.2 Å². The van der Waals surface area contributed by atoms with Crippen LogP contribution < -0.4 is 10.1 Å². The highest BCUT2D eigenvalue weighted by Gasteiger charge is 2.24. The first-order valence-corrected chi connectivity index (χ1v) is 6.19. The summed E-state index contributed by atoms with van der Waals surface area (Å²) in [5.74, 6) is -0.931. The molecule has 0 heterocycles. The number of hydrogen-bond donors (Lipinski definition) is 3. The van der Waals surface area contributed by atoms with Crippen LogP contribution in [0, 0.1) is 6.92 Å². The average molecular weight is 281 g/mol. The van der Waals surface area contributed by atoms with Crippen molar-refractivity contribution >= 4 is 11.9 Å². The van der Waals surface area contributed by atoms with Crippen molar-refractivity contribution in [3.63, 3.8) is 0 Å². The SMILES string of the molecule is Cc1ccccc1OCC(=O)NCC(C)(O)CC(=O)O. The van der Waals surface area contributed by atoms with E-state index in [1.165, 1.54) is 6.92 Å². The van der Waals surface area contributed by atoms with Crippen molar-refractivity contribution in [1.29, 1.82) is 0 Å². The van der Waals surface area contributed by atoms with Crippen molar-refractivity contribution in [3.05, 3.63) is 29.8 Å². The molecule has 20 heavy (non-hydrogen) atoms. The maximum atomic E-state index is 11.6. The van der Waals surface area contributed by atoms with Gasteiger partial charge in [0.1, 0.15) is 5.75 Å². The molecule has 0 aliphatic heterocycles. The molecule has 0 aliphatic rings. The Morgan fingerprint density at radius 3 is 2.60 bits per heavy atom. The number of carboxylic acid groups (broad SMARTS) is 1. The first-order valence-electron chi connectivity index (χ1n) is 6.19. The Hall–Kier alpha value is -2.08. The Labute approximate surface area is 117 Å². The molecule has 110 valence electrons. The van der Waals surface area contributed by atoms with E-state index in [1.54, 1.807) is 12.1 Å². The normalized spacial score (nSPS) is 13.3. The number of aryl methyl sites for hydroxylation is 1. The Bertz CT molecular complexity index is 484. The third-order valence-corrected chi connectivity index (χ3v) is 2.65. The van der Waals surface area contributed by atoms with Crippen molar-refractivity contribution in [3.8, 4) is 5.75 Å². The van der Waals surface area contributed by atoms with Gasteiger partial charge < -0.3 is 20.3 Å². The minimum Gasteiger partial charge on any atom is -0.484 e. The highest BCUT2D eigenvalue weighted by Crippen LogP contribution is 2.15. The second-order valence-electron chi connectivity index (χ2n) is 4.90. The lowest BCUT2D eigenvalue weighted by molar-refractivity contribution is -0.142. The fourth-order valence-electron chi connectivity index (χ4n) is 1.59. The third-order valence-electron chi connectivity index (χ3n) is 2.65. The van der Waals surface area contributed by atoms with Crippen LogP contribution in [0.15, 0.2) is 24.3 Å². The zero-order valence-electron chi connectivity index (χ0n) is 11.5. The molecule has 0 spiro atoms. The van der Waals surface area contributed by atoms with Gasteiger partial charge in [-0.05, 0) is 25.5 Å². The quantitative estimate of drug-likeness (QED) is 0.684. The molecule has 6 nitrogen and oxygen atoms in total. The molecule has 3 N–H and O–H groups in total. The summed E-state index contributed by atoms with van der Waals surface area (Å²) in [6.45, 7) is 2.89. The van der Waals surface area contributed by atoms with Crippen LogP contribution in [0.1, 0.15) is 18.9 Å². The van der Waals surface area contributed by atoms with E-state index in [0.29, 0.717) is 5.75 Å². The summed E-state index contributed by atoms with van der Waals surface area (Å²) in [6, 6.07) is 7.29. The molecule has 1 amide bonds. The first kappa shape index (κ1) is 16.0. The van der Waals surface area contributed by atoms with Crippen LogP contribution in [0.25, 0.3) is 0 Å². The summed E-state index contributed by atoms with van der Waals surface area (Å²) in [5.41, 5.74) is -0.567. The Kier molecular flexibility index (Phi) is 5.52. The van der Waals surface area contributed by atoms with Crippen LogP contribution in [-0.4, -0.2) is 40.8 Å².